The van der Waals surface area contributed by atoms with E-state index in [1.807, 2.05) is 6.92 Å². The molecule has 0 radical (unpaired) electrons. The summed E-state index contributed by atoms with van der Waals surface area (Å²) >= 11 is 13.1. The molecule has 0 fully saturated rings. The van der Waals surface area contributed by atoms with Crippen molar-refractivity contribution >= 4 is 77.2 Å². The van der Waals surface area contributed by atoms with Gasteiger partial charge in [0.05, 0.1) is 5.34 Å². The lowest BCUT2D eigenvalue weighted by atomic mass is 9.90. The molecule has 0 bridgehead atoms. The summed E-state index contributed by atoms with van der Waals surface area (Å²) in [6, 6.07) is 16.9. The first-order valence-electron chi connectivity index (χ1n) is 7.63. The van der Waals surface area contributed by atoms with Gasteiger partial charge in [-0.05, 0) is 38.4 Å². The lowest BCUT2D eigenvalue weighted by Crippen LogP contribution is -2.00. The summed E-state index contributed by atoms with van der Waals surface area (Å²) in [4.78, 5) is 12.4. The molecule has 1 nitrogen and oxygen atoms in total. The van der Waals surface area contributed by atoms with E-state index in [1.54, 1.807) is 0 Å². The van der Waals surface area contributed by atoms with Crippen LogP contribution in [0.5, 0.6) is 0 Å². The average Bonchev–Trinajstić information content (AvgIpc) is 2.59. The molecule has 4 rings (SSSR count). The molecule has 0 spiro atoms. The largest absolute Gasteiger partial charge is 0.294 e. The molecule has 122 valence electrons. The van der Waals surface area contributed by atoms with Gasteiger partial charge in [0.25, 0.3) is 0 Å². The number of ketones is 1. The summed E-state index contributed by atoms with van der Waals surface area (Å²) in [7, 11) is 0. The Morgan fingerprint density at radius 1 is 0.958 bits per heavy atom. The first kappa shape index (κ1) is 17.5. The van der Waals surface area contributed by atoms with Gasteiger partial charge in [0.2, 0.25) is 0 Å². The zero-order valence-corrected chi connectivity index (χ0v) is 16.2. The predicted octanol–water partition coefficient (Wildman–Crippen LogP) is 7.36. The molecule has 24 heavy (non-hydrogen) atoms. The highest BCUT2D eigenvalue weighted by atomic mass is 79.9. The maximum atomic E-state index is 12.4. The van der Waals surface area contributed by atoms with E-state index in [1.165, 1.54) is 26.9 Å². The minimum atomic E-state index is 0.180. The Morgan fingerprint density at radius 2 is 1.54 bits per heavy atom. The van der Waals surface area contributed by atoms with Crippen molar-refractivity contribution in [3.8, 4) is 0 Å². The van der Waals surface area contributed by atoms with Gasteiger partial charge in [0.15, 0.2) is 5.78 Å². The van der Waals surface area contributed by atoms with Crippen LogP contribution in [0.2, 0.25) is 0 Å². The SMILES string of the molecule is CCC(=O)c1c(Br)cc2ccc3cccc4ccc1c2c34.ClCCl. The van der Waals surface area contributed by atoms with Gasteiger partial charge in [0.1, 0.15) is 0 Å². The third-order valence-electron chi connectivity index (χ3n) is 4.20. The Balaban J connectivity index is 0.000000526. The Labute approximate surface area is 159 Å². The molecule has 0 heterocycles. The quantitative estimate of drug-likeness (QED) is 0.187. The maximum Gasteiger partial charge on any atom is 0.164 e. The highest BCUT2D eigenvalue weighted by Crippen LogP contribution is 2.39. The van der Waals surface area contributed by atoms with Crippen molar-refractivity contribution in [2.75, 3.05) is 5.34 Å². The van der Waals surface area contributed by atoms with Crippen LogP contribution in [0.4, 0.5) is 0 Å². The lowest BCUT2D eigenvalue weighted by molar-refractivity contribution is 0.0989. The van der Waals surface area contributed by atoms with Gasteiger partial charge in [0, 0.05) is 16.5 Å². The van der Waals surface area contributed by atoms with Crippen molar-refractivity contribution in [2.45, 2.75) is 13.3 Å². The summed E-state index contributed by atoms with van der Waals surface area (Å²) < 4.78 is 0.889. The number of rotatable bonds is 2. The van der Waals surface area contributed by atoms with Gasteiger partial charge >= 0.3 is 0 Å². The second kappa shape index (κ2) is 7.26. The fourth-order valence-corrected chi connectivity index (χ4v) is 3.92. The average molecular weight is 422 g/mol. The van der Waals surface area contributed by atoms with Crippen LogP contribution in [0.3, 0.4) is 0 Å². The molecule has 0 unspecified atom stereocenters. The smallest absolute Gasteiger partial charge is 0.164 e. The Morgan fingerprint density at radius 3 is 2.17 bits per heavy atom. The molecule has 0 amide bonds. The minimum Gasteiger partial charge on any atom is -0.294 e. The highest BCUT2D eigenvalue weighted by molar-refractivity contribution is 9.10. The van der Waals surface area contributed by atoms with E-state index in [0.29, 0.717) is 6.42 Å². The van der Waals surface area contributed by atoms with Crippen molar-refractivity contribution in [2.24, 2.45) is 0 Å². The maximum absolute atomic E-state index is 12.4. The molecule has 0 aromatic heterocycles. The molecule has 4 aromatic rings. The number of hydrogen-bond donors (Lipinski definition) is 0. The number of Topliss-reactive ketones (excluding diaryl/α,β-unsaturated/α-hetero) is 1. The van der Waals surface area contributed by atoms with Crippen LogP contribution in [-0.2, 0) is 0 Å². The van der Waals surface area contributed by atoms with Crippen molar-refractivity contribution in [3.63, 3.8) is 0 Å². The van der Waals surface area contributed by atoms with Gasteiger partial charge in [-0.25, -0.2) is 0 Å². The molecular weight excluding hydrogens is 407 g/mol. The molecule has 0 N–H and O–H groups in total. The standard InChI is InChI=1S/C19H13BrO.CH2Cl2/c1-2-16(21)19-14-9-8-12-5-3-4-11-6-7-13(10-15(19)20)18(14)17(11)12;2-1-3/h3-10H,2H2,1H3;1H2. The fourth-order valence-electron chi connectivity index (χ4n) is 3.24. The second-order valence-electron chi connectivity index (χ2n) is 5.47. The van der Waals surface area contributed by atoms with Gasteiger partial charge in [-0.3, -0.25) is 4.79 Å². The van der Waals surface area contributed by atoms with Gasteiger partial charge < -0.3 is 0 Å². The van der Waals surface area contributed by atoms with Gasteiger partial charge in [-0.15, -0.1) is 23.2 Å². The van der Waals surface area contributed by atoms with Crippen LogP contribution in [0.25, 0.3) is 32.3 Å². The summed E-state index contributed by atoms with van der Waals surface area (Å²) in [6.07, 6.45) is 0.516. The van der Waals surface area contributed by atoms with E-state index >= 15 is 0 Å². The fraction of sp³-hybridized carbons (Fsp3) is 0.150. The van der Waals surface area contributed by atoms with Crippen LogP contribution in [-0.4, -0.2) is 11.1 Å². The topological polar surface area (TPSA) is 17.1 Å². The van der Waals surface area contributed by atoms with Crippen LogP contribution < -0.4 is 0 Å². The third kappa shape index (κ3) is 2.88. The molecule has 0 aliphatic carbocycles. The summed E-state index contributed by atoms with van der Waals surface area (Å²) in [5, 5.41) is 7.32. The summed E-state index contributed by atoms with van der Waals surface area (Å²) in [5.41, 5.74) is 0.809. The van der Waals surface area contributed by atoms with E-state index in [9.17, 15) is 4.79 Å². The Hall–Kier alpha value is -1.35. The zero-order chi connectivity index (χ0) is 17.3. The van der Waals surface area contributed by atoms with Crippen LogP contribution in [0.1, 0.15) is 23.7 Å². The number of carbonyl (C=O) groups excluding carboxylic acids is 1. The molecule has 0 aliphatic rings. The summed E-state index contributed by atoms with van der Waals surface area (Å²) in [5.74, 6) is 0.180. The summed E-state index contributed by atoms with van der Waals surface area (Å²) in [6.45, 7) is 1.91. The minimum absolute atomic E-state index is 0.180. The normalized spacial score (nSPS) is 11.0. The molecule has 4 heteroatoms. The van der Waals surface area contributed by atoms with Crippen molar-refractivity contribution in [1.82, 2.24) is 0 Å². The number of carbonyl (C=O) groups is 1. The highest BCUT2D eigenvalue weighted by Gasteiger charge is 2.17. The molecule has 0 saturated heterocycles. The van der Waals surface area contributed by atoms with E-state index in [2.05, 4.69) is 64.5 Å². The van der Waals surface area contributed by atoms with E-state index < -0.39 is 0 Å². The Kier molecular flexibility index (Phi) is 5.29. The number of halogens is 3. The predicted molar refractivity (Wildman–Crippen MR) is 109 cm³/mol. The first-order chi connectivity index (χ1) is 11.6. The van der Waals surface area contributed by atoms with Crippen molar-refractivity contribution in [3.05, 3.63) is 58.6 Å². The van der Waals surface area contributed by atoms with E-state index in [4.69, 9.17) is 23.2 Å². The molecule has 4 aromatic carbocycles. The zero-order valence-electron chi connectivity index (χ0n) is 13.1. The van der Waals surface area contributed by atoms with Crippen molar-refractivity contribution in [1.29, 1.82) is 0 Å². The van der Waals surface area contributed by atoms with Gasteiger partial charge in [-0.2, -0.15) is 0 Å². The third-order valence-corrected chi connectivity index (χ3v) is 4.82. The Bertz CT molecular complexity index is 1010. The monoisotopic (exact) mass is 420 g/mol. The van der Waals surface area contributed by atoms with E-state index in [-0.39, 0.29) is 11.1 Å². The molecule has 0 aliphatic heterocycles. The number of hydrogen-bond acceptors (Lipinski definition) is 1. The first-order valence-corrected chi connectivity index (χ1v) is 9.49. The van der Waals surface area contributed by atoms with Crippen LogP contribution >= 0.6 is 39.1 Å². The lowest BCUT2D eigenvalue weighted by Gasteiger charge is -2.14. The van der Waals surface area contributed by atoms with Crippen molar-refractivity contribution < 1.29 is 4.79 Å². The van der Waals surface area contributed by atoms with Gasteiger partial charge in [-0.1, -0.05) is 65.3 Å². The number of benzene rings is 4. The van der Waals surface area contributed by atoms with Crippen LogP contribution in [0.15, 0.2) is 53.0 Å². The molecular formula is C20H15BrCl2O. The molecule has 0 saturated carbocycles. The van der Waals surface area contributed by atoms with Crippen LogP contribution in [0, 0.1) is 0 Å². The van der Waals surface area contributed by atoms with E-state index in [0.717, 1.165) is 15.4 Å². The number of alkyl halides is 2. The molecule has 0 atom stereocenters. The second-order valence-corrected chi connectivity index (χ2v) is 7.13.